The Hall–Kier alpha value is -1.00. The van der Waals surface area contributed by atoms with E-state index < -0.39 is 5.97 Å². The molecule has 0 aliphatic carbocycles. The Kier molecular flexibility index (Phi) is 4.66. The van der Waals surface area contributed by atoms with Gasteiger partial charge in [-0.3, -0.25) is 9.69 Å². The number of hydrogen-bond donors (Lipinski definition) is 1. The Morgan fingerprint density at radius 1 is 1.39 bits per heavy atom. The van der Waals surface area contributed by atoms with E-state index in [4.69, 9.17) is 5.11 Å². The molecule has 0 amide bonds. The van der Waals surface area contributed by atoms with Gasteiger partial charge in [0.2, 0.25) is 0 Å². The summed E-state index contributed by atoms with van der Waals surface area (Å²) in [5, 5.41) is 8.72. The number of rotatable bonds is 4. The zero-order valence-corrected chi connectivity index (χ0v) is 11.4. The number of aliphatic carboxylic acids is 1. The second-order valence-corrected chi connectivity index (χ2v) is 5.93. The third-order valence-corrected chi connectivity index (χ3v) is 4.46. The van der Waals surface area contributed by atoms with Crippen LogP contribution in [-0.4, -0.2) is 40.1 Å². The topological polar surface area (TPSA) is 40.5 Å². The van der Waals surface area contributed by atoms with E-state index in [2.05, 4.69) is 11.8 Å². The fraction of sp³-hybridized carbons (Fsp3) is 0.500. The Labute approximate surface area is 112 Å². The number of nitrogens with zero attached hydrogens (tertiary/aromatic N) is 1. The van der Waals surface area contributed by atoms with Crippen LogP contribution in [0, 0.1) is 0 Å². The average molecular weight is 265 g/mol. The van der Waals surface area contributed by atoms with E-state index in [9.17, 15) is 4.79 Å². The third-order valence-electron chi connectivity index (χ3n) is 3.27. The smallest absolute Gasteiger partial charge is 0.307 e. The van der Waals surface area contributed by atoms with Crippen LogP contribution >= 0.6 is 11.8 Å². The van der Waals surface area contributed by atoms with Gasteiger partial charge in [0.05, 0.1) is 6.42 Å². The van der Waals surface area contributed by atoms with Crippen LogP contribution < -0.4 is 0 Å². The maximum Gasteiger partial charge on any atom is 0.307 e. The Morgan fingerprint density at radius 3 is 2.67 bits per heavy atom. The molecule has 1 fully saturated rings. The minimum Gasteiger partial charge on any atom is -0.481 e. The van der Waals surface area contributed by atoms with E-state index in [1.807, 2.05) is 36.0 Å². The molecule has 4 heteroatoms. The lowest BCUT2D eigenvalue weighted by Crippen LogP contribution is -2.39. The summed E-state index contributed by atoms with van der Waals surface area (Å²) < 4.78 is 0. The van der Waals surface area contributed by atoms with E-state index in [0.717, 1.165) is 18.7 Å². The molecule has 1 N–H and O–H groups in total. The second kappa shape index (κ2) is 6.25. The average Bonchev–Trinajstić information content (AvgIpc) is 2.34. The van der Waals surface area contributed by atoms with Crippen LogP contribution in [0.2, 0.25) is 0 Å². The maximum atomic E-state index is 10.6. The lowest BCUT2D eigenvalue weighted by Gasteiger charge is -2.32. The van der Waals surface area contributed by atoms with Crippen molar-refractivity contribution in [1.82, 2.24) is 4.90 Å². The molecule has 1 aliphatic rings. The lowest BCUT2D eigenvalue weighted by atomic mass is 10.1. The van der Waals surface area contributed by atoms with Crippen LogP contribution in [0.3, 0.4) is 0 Å². The van der Waals surface area contributed by atoms with Gasteiger partial charge in [0.25, 0.3) is 0 Å². The Balaban J connectivity index is 1.95. The van der Waals surface area contributed by atoms with Crippen molar-refractivity contribution in [1.29, 1.82) is 0 Å². The van der Waals surface area contributed by atoms with Crippen LogP contribution in [0.4, 0.5) is 0 Å². The van der Waals surface area contributed by atoms with E-state index >= 15 is 0 Å². The standard InChI is InChI=1S/C14H19NO2S/c1-11-10-18-7-6-15(11)9-13-4-2-12(3-5-13)8-14(16)17/h2-5,11H,6-10H2,1H3,(H,16,17). The number of carboxylic acid groups (broad SMARTS) is 1. The first-order chi connectivity index (χ1) is 8.65. The molecule has 18 heavy (non-hydrogen) atoms. The summed E-state index contributed by atoms with van der Waals surface area (Å²) >= 11 is 2.02. The first kappa shape index (κ1) is 13.4. The highest BCUT2D eigenvalue weighted by Gasteiger charge is 2.18. The quantitative estimate of drug-likeness (QED) is 0.906. The molecule has 0 radical (unpaired) electrons. The summed E-state index contributed by atoms with van der Waals surface area (Å²) in [5.41, 5.74) is 2.14. The van der Waals surface area contributed by atoms with Crippen LogP contribution in [0.1, 0.15) is 18.1 Å². The van der Waals surface area contributed by atoms with Gasteiger partial charge in [-0.25, -0.2) is 0 Å². The van der Waals surface area contributed by atoms with Crippen molar-refractivity contribution < 1.29 is 9.90 Å². The van der Waals surface area contributed by atoms with Gasteiger partial charge in [0.15, 0.2) is 0 Å². The molecule has 0 aromatic heterocycles. The van der Waals surface area contributed by atoms with Gasteiger partial charge in [-0.1, -0.05) is 24.3 Å². The van der Waals surface area contributed by atoms with Crippen molar-refractivity contribution in [3.63, 3.8) is 0 Å². The molecular formula is C14H19NO2S. The largest absolute Gasteiger partial charge is 0.481 e. The number of carbonyl (C=O) groups is 1. The number of thioether (sulfide) groups is 1. The SMILES string of the molecule is CC1CSCCN1Cc1ccc(CC(=O)O)cc1. The van der Waals surface area contributed by atoms with Crippen molar-refractivity contribution in [2.24, 2.45) is 0 Å². The molecule has 1 aromatic rings. The molecule has 1 saturated heterocycles. The molecule has 1 heterocycles. The summed E-state index contributed by atoms with van der Waals surface area (Å²) in [6, 6.07) is 8.57. The molecule has 1 aromatic carbocycles. The fourth-order valence-electron chi connectivity index (χ4n) is 2.17. The van der Waals surface area contributed by atoms with E-state index in [1.54, 1.807) is 0 Å². The Morgan fingerprint density at radius 2 is 2.06 bits per heavy atom. The summed E-state index contributed by atoms with van der Waals surface area (Å²) in [7, 11) is 0. The maximum absolute atomic E-state index is 10.6. The number of carboxylic acids is 1. The summed E-state index contributed by atoms with van der Waals surface area (Å²) in [6.45, 7) is 4.38. The Bertz CT molecular complexity index is 405. The van der Waals surface area contributed by atoms with Crippen LogP contribution in [0.5, 0.6) is 0 Å². The van der Waals surface area contributed by atoms with Crippen LogP contribution in [-0.2, 0) is 17.8 Å². The zero-order chi connectivity index (χ0) is 13.0. The molecule has 1 unspecified atom stereocenters. The van der Waals surface area contributed by atoms with Crippen LogP contribution in [0.25, 0.3) is 0 Å². The van der Waals surface area contributed by atoms with Gasteiger partial charge in [-0.05, 0) is 18.1 Å². The third kappa shape index (κ3) is 3.75. The van der Waals surface area contributed by atoms with Crippen molar-refractivity contribution in [2.75, 3.05) is 18.1 Å². The van der Waals surface area contributed by atoms with E-state index in [0.29, 0.717) is 6.04 Å². The molecule has 98 valence electrons. The van der Waals surface area contributed by atoms with Gasteiger partial charge < -0.3 is 5.11 Å². The summed E-state index contributed by atoms with van der Waals surface area (Å²) in [6.07, 6.45) is 0.108. The minimum absolute atomic E-state index is 0.108. The molecular weight excluding hydrogens is 246 g/mol. The molecule has 1 atom stereocenters. The first-order valence-corrected chi connectivity index (χ1v) is 7.42. The van der Waals surface area contributed by atoms with Gasteiger partial charge in [0.1, 0.15) is 0 Å². The zero-order valence-electron chi connectivity index (χ0n) is 10.6. The van der Waals surface area contributed by atoms with E-state index in [-0.39, 0.29) is 6.42 Å². The predicted molar refractivity (Wildman–Crippen MR) is 75.0 cm³/mol. The van der Waals surface area contributed by atoms with Crippen LogP contribution in [0.15, 0.2) is 24.3 Å². The number of hydrogen-bond acceptors (Lipinski definition) is 3. The summed E-state index contributed by atoms with van der Waals surface area (Å²) in [5.74, 6) is 1.64. The van der Waals surface area contributed by atoms with Gasteiger partial charge in [0, 0.05) is 30.6 Å². The van der Waals surface area contributed by atoms with Crippen molar-refractivity contribution in [3.8, 4) is 0 Å². The molecule has 0 spiro atoms. The van der Waals surface area contributed by atoms with Crippen molar-refractivity contribution >= 4 is 17.7 Å². The highest BCUT2D eigenvalue weighted by atomic mass is 32.2. The van der Waals surface area contributed by atoms with E-state index in [1.165, 1.54) is 17.1 Å². The monoisotopic (exact) mass is 265 g/mol. The molecule has 0 saturated carbocycles. The highest BCUT2D eigenvalue weighted by molar-refractivity contribution is 7.99. The second-order valence-electron chi connectivity index (χ2n) is 4.78. The fourth-order valence-corrected chi connectivity index (χ4v) is 3.25. The van der Waals surface area contributed by atoms with Gasteiger partial charge >= 0.3 is 5.97 Å². The number of benzene rings is 1. The van der Waals surface area contributed by atoms with Crippen molar-refractivity contribution in [3.05, 3.63) is 35.4 Å². The van der Waals surface area contributed by atoms with Gasteiger partial charge in [-0.2, -0.15) is 11.8 Å². The first-order valence-electron chi connectivity index (χ1n) is 6.26. The normalized spacial score (nSPS) is 20.8. The highest BCUT2D eigenvalue weighted by Crippen LogP contribution is 2.18. The predicted octanol–water partition coefficient (Wildman–Crippen LogP) is 2.25. The minimum atomic E-state index is -0.774. The van der Waals surface area contributed by atoms with Crippen molar-refractivity contribution in [2.45, 2.75) is 25.9 Å². The molecule has 2 rings (SSSR count). The molecule has 3 nitrogen and oxygen atoms in total. The lowest BCUT2D eigenvalue weighted by molar-refractivity contribution is -0.136. The molecule has 0 bridgehead atoms. The van der Waals surface area contributed by atoms with Gasteiger partial charge in [-0.15, -0.1) is 0 Å². The molecule has 1 aliphatic heterocycles. The summed E-state index contributed by atoms with van der Waals surface area (Å²) in [4.78, 5) is 13.1.